The van der Waals surface area contributed by atoms with Crippen LogP contribution in [0.2, 0.25) is 0 Å². The molecule has 4 heteroatoms. The van der Waals surface area contributed by atoms with Gasteiger partial charge in [0.2, 0.25) is 0 Å². The van der Waals surface area contributed by atoms with Gasteiger partial charge in [-0.1, -0.05) is 42.5 Å². The topological polar surface area (TPSA) is 25.8 Å². The second-order valence-electron chi connectivity index (χ2n) is 6.81. The Morgan fingerprint density at radius 1 is 0.667 bits per heavy atom. The van der Waals surface area contributed by atoms with E-state index in [1.807, 2.05) is 36.5 Å². The average Bonchev–Trinajstić information content (AvgIpc) is 2.81. The van der Waals surface area contributed by atoms with Gasteiger partial charge in [0, 0.05) is 11.9 Å². The summed E-state index contributed by atoms with van der Waals surface area (Å²) in [4.78, 5) is 9.77. The van der Waals surface area contributed by atoms with E-state index in [9.17, 15) is 0 Å². The maximum Gasteiger partial charge on any atom is 1.00 e. The quantitative estimate of drug-likeness (QED) is 0.230. The van der Waals surface area contributed by atoms with Crippen molar-refractivity contribution in [3.63, 3.8) is 0 Å². The Bertz CT molecular complexity index is 1210. The van der Waals surface area contributed by atoms with Gasteiger partial charge in [0.1, 0.15) is 29.4 Å². The molecule has 30 heavy (non-hydrogen) atoms. The van der Waals surface area contributed by atoms with Crippen molar-refractivity contribution in [3.05, 3.63) is 115 Å². The van der Waals surface area contributed by atoms with Gasteiger partial charge >= 0.3 is 19.8 Å². The number of rotatable bonds is 4. The number of nitrogens with zero attached hydrogens (tertiary/aromatic N) is 2. The largest absolute Gasteiger partial charge is 1.00 e. The van der Waals surface area contributed by atoms with Gasteiger partial charge in [0.15, 0.2) is 0 Å². The third-order valence-electron chi connectivity index (χ3n) is 4.95. The number of hydrogen-bond acceptors (Lipinski definition) is 2. The molecule has 0 N–H and O–H groups in total. The Morgan fingerprint density at radius 2 is 1.33 bits per heavy atom. The van der Waals surface area contributed by atoms with Crippen LogP contribution in [-0.4, -0.2) is 9.97 Å². The molecule has 0 fully saturated rings. The molecule has 0 unspecified atom stereocenters. The van der Waals surface area contributed by atoms with E-state index < -0.39 is 7.92 Å². The summed E-state index contributed by atoms with van der Waals surface area (Å²) in [6.07, 6.45) is 1.84. The van der Waals surface area contributed by atoms with Crippen molar-refractivity contribution in [2.75, 3.05) is 0 Å². The van der Waals surface area contributed by atoms with Crippen LogP contribution in [0.1, 0.15) is 0 Å². The minimum atomic E-state index is -1.21. The van der Waals surface area contributed by atoms with Gasteiger partial charge in [0.05, 0.1) is 5.52 Å². The zero-order valence-corrected chi connectivity index (χ0v) is 19.7. The molecule has 0 aliphatic rings. The van der Waals surface area contributed by atoms with Crippen LogP contribution in [0, 0.1) is 6.07 Å². The van der Waals surface area contributed by atoms with E-state index in [1.165, 1.54) is 15.9 Å². The summed E-state index contributed by atoms with van der Waals surface area (Å²) in [5.41, 5.74) is 3.72. The van der Waals surface area contributed by atoms with E-state index in [2.05, 4.69) is 78.9 Å². The number of aromatic nitrogens is 2. The second kappa shape index (κ2) is 9.40. The predicted octanol–water partition coefficient (Wildman–Crippen LogP) is 4.58. The van der Waals surface area contributed by atoms with Gasteiger partial charge < -0.3 is 0 Å². The fourth-order valence-corrected chi connectivity index (χ4v) is 6.30. The smallest absolute Gasteiger partial charge is 0.289 e. The van der Waals surface area contributed by atoms with Crippen LogP contribution < -0.4 is 15.9 Å². The minimum absolute atomic E-state index is 0. The van der Waals surface area contributed by atoms with Gasteiger partial charge in [-0.25, -0.2) is 0 Å². The molecule has 1 aromatic heterocycles. The van der Waals surface area contributed by atoms with Gasteiger partial charge in [0.25, 0.3) is 0 Å². The Kier molecular flexibility index (Phi) is 6.44. The molecule has 5 rings (SSSR count). The number of para-hydroxylation sites is 1. The zero-order valence-electron chi connectivity index (χ0n) is 16.1. The molecule has 2 nitrogen and oxygen atoms in total. The van der Waals surface area contributed by atoms with Crippen LogP contribution in [0.3, 0.4) is 0 Å². The van der Waals surface area contributed by atoms with Crippen molar-refractivity contribution in [2.45, 2.75) is 0 Å². The van der Waals surface area contributed by atoms with Crippen LogP contribution in [0.4, 0.5) is 0 Å². The fraction of sp³-hybridized carbons (Fsp3) is 0. The zero-order chi connectivity index (χ0) is 19.5. The third-order valence-corrected chi connectivity index (χ3v) is 7.72. The molecule has 0 amide bonds. The first kappa shape index (κ1) is 20.6. The maximum atomic E-state index is 5.05. The minimum Gasteiger partial charge on any atom is -0.289 e. The van der Waals surface area contributed by atoms with Crippen molar-refractivity contribution in [2.24, 2.45) is 0 Å². The molecule has 4 aromatic carbocycles. The number of benzene rings is 4. The van der Waals surface area contributed by atoms with Crippen molar-refractivity contribution in [1.29, 1.82) is 0 Å². The average molecular weight is 581 g/mol. The van der Waals surface area contributed by atoms with Gasteiger partial charge in [-0.15, -0.1) is 35.9 Å². The number of hydrogen-bond donors (Lipinski definition) is 0. The molecular weight excluding hydrogens is 562 g/mol. The Labute approximate surface area is 190 Å². The summed E-state index contributed by atoms with van der Waals surface area (Å²) < 4.78 is 0. The van der Waals surface area contributed by atoms with Crippen molar-refractivity contribution in [3.8, 4) is 11.3 Å². The molecule has 0 saturated carbocycles. The molecule has 0 aliphatic heterocycles. The van der Waals surface area contributed by atoms with E-state index in [-0.39, 0.29) is 19.8 Å². The summed E-state index contributed by atoms with van der Waals surface area (Å²) in [5, 5.41) is 3.94. The van der Waals surface area contributed by atoms with E-state index in [1.54, 1.807) is 0 Å². The third kappa shape index (κ3) is 4.10. The fourth-order valence-electron chi connectivity index (χ4n) is 3.60. The SMILES string of the molecule is [Os+].[c-]1ccccc1-c1cnc2cccc([PH+](c3ccccc3)c3ccccc3)c2n1. The molecule has 0 spiro atoms. The van der Waals surface area contributed by atoms with Crippen molar-refractivity contribution in [1.82, 2.24) is 9.97 Å². The van der Waals surface area contributed by atoms with E-state index in [0.29, 0.717) is 0 Å². The Morgan fingerprint density at radius 3 is 1.97 bits per heavy atom. The Balaban J connectivity index is 0.00000218. The standard InChI is InChI=1S/C26H18N2P.Os/c1-4-11-20(12-5-1)24-19-27-23-17-10-18-25(26(23)28-24)29(21-13-6-2-7-14-21)22-15-8-3-9-16-22;/h1-11,13-19H;/q-1;+1/p+1. The maximum absolute atomic E-state index is 5.05. The summed E-state index contributed by atoms with van der Waals surface area (Å²) in [6, 6.07) is 39.0. The first-order valence-corrected chi connectivity index (χ1v) is 11.1. The first-order valence-electron chi connectivity index (χ1n) is 9.61. The first-order chi connectivity index (χ1) is 14.4. The van der Waals surface area contributed by atoms with Gasteiger partial charge in [-0.2, -0.15) is 0 Å². The van der Waals surface area contributed by atoms with Crippen LogP contribution in [0.15, 0.2) is 109 Å². The Hall–Kier alpha value is -2.71. The molecule has 0 aliphatic carbocycles. The van der Waals surface area contributed by atoms with E-state index in [0.717, 1.165) is 22.3 Å². The van der Waals surface area contributed by atoms with Gasteiger partial charge in [-0.3, -0.25) is 9.97 Å². The summed E-state index contributed by atoms with van der Waals surface area (Å²) in [6.45, 7) is 0. The molecular formula is C26H19N2OsP+. The molecule has 1 radical (unpaired) electrons. The van der Waals surface area contributed by atoms with Gasteiger partial charge in [-0.05, 0) is 36.4 Å². The molecule has 145 valence electrons. The van der Waals surface area contributed by atoms with Crippen LogP contribution >= 0.6 is 7.92 Å². The van der Waals surface area contributed by atoms with Crippen LogP contribution in [-0.2, 0) is 19.8 Å². The van der Waals surface area contributed by atoms with E-state index in [4.69, 9.17) is 9.97 Å². The van der Waals surface area contributed by atoms with Crippen molar-refractivity contribution < 1.29 is 19.8 Å². The monoisotopic (exact) mass is 582 g/mol. The molecule has 0 bridgehead atoms. The second-order valence-corrected chi connectivity index (χ2v) is 9.26. The van der Waals surface area contributed by atoms with Crippen molar-refractivity contribution >= 4 is 34.9 Å². The predicted molar refractivity (Wildman–Crippen MR) is 124 cm³/mol. The summed E-state index contributed by atoms with van der Waals surface area (Å²) in [5.74, 6) is 0. The molecule has 0 saturated heterocycles. The van der Waals surface area contributed by atoms with Crippen LogP contribution in [0.25, 0.3) is 22.3 Å². The van der Waals surface area contributed by atoms with Crippen LogP contribution in [0.5, 0.6) is 0 Å². The molecule has 1 heterocycles. The normalized spacial score (nSPS) is 10.7. The molecule has 0 atom stereocenters. The van der Waals surface area contributed by atoms with E-state index >= 15 is 0 Å². The summed E-state index contributed by atoms with van der Waals surface area (Å²) in [7, 11) is -1.21. The molecule has 5 aromatic rings. The number of fused-ring (bicyclic) bond motifs is 1. The summed E-state index contributed by atoms with van der Waals surface area (Å²) >= 11 is 0.